The highest BCUT2D eigenvalue weighted by atomic mass is 16.2. The number of nitrogens with one attached hydrogen (secondary N) is 1. The van der Waals surface area contributed by atoms with Crippen molar-refractivity contribution in [2.24, 2.45) is 0 Å². The first-order valence-electron chi connectivity index (χ1n) is 14.2. The number of hydrogen-bond acceptors (Lipinski definition) is 3. The summed E-state index contributed by atoms with van der Waals surface area (Å²) in [4.78, 5) is 28.9. The van der Waals surface area contributed by atoms with Crippen LogP contribution >= 0.6 is 0 Å². The zero-order valence-corrected chi connectivity index (χ0v) is 22.8. The van der Waals surface area contributed by atoms with Crippen molar-refractivity contribution in [3.05, 3.63) is 136 Å². The minimum Gasteiger partial charge on any atom is -0.324 e. The maximum atomic E-state index is 13.5. The molecule has 2 aliphatic rings. The van der Waals surface area contributed by atoms with Gasteiger partial charge in [-0.2, -0.15) is 0 Å². The average molecular weight is 535 g/mol. The first kappa shape index (κ1) is 25.2. The molecule has 1 N–H and O–H groups in total. The topological polar surface area (TPSA) is 49.4 Å². The molecule has 1 amide bonds. The summed E-state index contributed by atoms with van der Waals surface area (Å²) in [6.07, 6.45) is 6.82. The van der Waals surface area contributed by atoms with Crippen LogP contribution in [0.5, 0.6) is 0 Å². The van der Waals surface area contributed by atoms with Crippen LogP contribution in [-0.2, 0) is 17.9 Å². The Hall–Kier alpha value is -4.80. The molecule has 41 heavy (non-hydrogen) atoms. The number of ketones is 1. The SMILES string of the molecule is O=C(CN1Cc2ccc3c(c2-c2c(ccc4ccccc24)C1)=CCCC=3)Nc1ccccc1C(=O)c1ccccc1. The third-order valence-corrected chi connectivity index (χ3v) is 8.15. The number of rotatable bonds is 5. The molecule has 1 aliphatic carbocycles. The molecule has 0 saturated heterocycles. The van der Waals surface area contributed by atoms with Crippen LogP contribution in [0.15, 0.2) is 103 Å². The molecule has 4 nitrogen and oxygen atoms in total. The highest BCUT2D eigenvalue weighted by Gasteiger charge is 2.24. The minimum atomic E-state index is -0.137. The molecule has 0 unspecified atom stereocenters. The van der Waals surface area contributed by atoms with Crippen molar-refractivity contribution in [2.45, 2.75) is 25.9 Å². The number of carbonyl (C=O) groups is 2. The molecule has 0 atom stereocenters. The number of anilines is 1. The van der Waals surface area contributed by atoms with Crippen LogP contribution < -0.4 is 15.8 Å². The second-order valence-corrected chi connectivity index (χ2v) is 10.8. The normalized spacial score (nSPS) is 14.0. The number of hydrogen-bond donors (Lipinski definition) is 1. The Morgan fingerprint density at radius 3 is 2.27 bits per heavy atom. The van der Waals surface area contributed by atoms with Crippen LogP contribution in [0.1, 0.15) is 39.9 Å². The smallest absolute Gasteiger partial charge is 0.238 e. The lowest BCUT2D eigenvalue weighted by Gasteiger charge is -2.21. The number of para-hydroxylation sites is 1. The minimum absolute atomic E-state index is 0.108. The summed E-state index contributed by atoms with van der Waals surface area (Å²) < 4.78 is 0. The van der Waals surface area contributed by atoms with Crippen molar-refractivity contribution in [1.29, 1.82) is 0 Å². The fourth-order valence-corrected chi connectivity index (χ4v) is 6.29. The average Bonchev–Trinajstić information content (AvgIpc) is 3.18. The van der Waals surface area contributed by atoms with Gasteiger partial charge < -0.3 is 5.32 Å². The zero-order valence-electron chi connectivity index (χ0n) is 22.8. The van der Waals surface area contributed by atoms with Gasteiger partial charge in [0.05, 0.1) is 12.2 Å². The molecule has 4 heteroatoms. The van der Waals surface area contributed by atoms with Gasteiger partial charge in [0.1, 0.15) is 0 Å². The highest BCUT2D eigenvalue weighted by molar-refractivity contribution is 6.14. The Kier molecular flexibility index (Phi) is 6.54. The van der Waals surface area contributed by atoms with Gasteiger partial charge in [-0.25, -0.2) is 0 Å². The largest absolute Gasteiger partial charge is 0.324 e. The van der Waals surface area contributed by atoms with Gasteiger partial charge >= 0.3 is 0 Å². The monoisotopic (exact) mass is 534 g/mol. The van der Waals surface area contributed by atoms with Gasteiger partial charge in [0, 0.05) is 24.2 Å². The van der Waals surface area contributed by atoms with Crippen LogP contribution in [0.25, 0.3) is 34.1 Å². The molecule has 5 aromatic rings. The number of carbonyl (C=O) groups excluding carboxylic acids is 2. The molecule has 5 aromatic carbocycles. The van der Waals surface area contributed by atoms with E-state index in [4.69, 9.17) is 0 Å². The van der Waals surface area contributed by atoms with E-state index in [1.807, 2.05) is 30.3 Å². The van der Waals surface area contributed by atoms with E-state index in [2.05, 4.69) is 70.9 Å². The van der Waals surface area contributed by atoms with E-state index in [-0.39, 0.29) is 18.2 Å². The van der Waals surface area contributed by atoms with Crippen LogP contribution in [0.2, 0.25) is 0 Å². The Morgan fingerprint density at radius 1 is 0.683 bits per heavy atom. The fraction of sp³-hybridized carbons (Fsp3) is 0.135. The van der Waals surface area contributed by atoms with Crippen LogP contribution in [0.4, 0.5) is 5.69 Å². The summed E-state index contributed by atoms with van der Waals surface area (Å²) in [6.45, 7) is 1.54. The van der Waals surface area contributed by atoms with Gasteiger partial charge in [-0.1, -0.05) is 103 Å². The third-order valence-electron chi connectivity index (χ3n) is 8.15. The fourth-order valence-electron chi connectivity index (χ4n) is 6.29. The van der Waals surface area contributed by atoms with E-state index in [0.29, 0.717) is 29.9 Å². The number of nitrogens with zero attached hydrogens (tertiary/aromatic N) is 1. The molecule has 1 heterocycles. The summed E-state index contributed by atoms with van der Waals surface area (Å²) in [5, 5.41) is 8.12. The van der Waals surface area contributed by atoms with Crippen LogP contribution in [-0.4, -0.2) is 23.1 Å². The Labute approximate surface area is 239 Å². The van der Waals surface area contributed by atoms with Crippen molar-refractivity contribution in [1.82, 2.24) is 4.90 Å². The Morgan fingerprint density at radius 2 is 1.39 bits per heavy atom. The standard InChI is InChI=1S/C37H30N2O2/c40-34(38-33-17-9-8-16-32(33)37(41)27-12-2-1-3-13-27)24-39-22-28-20-18-25-10-4-6-14-30(25)35(28)36-29(23-39)21-19-26-11-5-7-15-31(26)36/h1-4,6,8-21H,5,7,22-24H2,(H,38,40). The van der Waals surface area contributed by atoms with E-state index in [9.17, 15) is 9.59 Å². The molecule has 0 fully saturated rings. The van der Waals surface area contributed by atoms with Crippen molar-refractivity contribution in [3.63, 3.8) is 0 Å². The molecule has 0 saturated carbocycles. The number of benzene rings is 5. The highest BCUT2D eigenvalue weighted by Crippen LogP contribution is 2.36. The zero-order chi connectivity index (χ0) is 27.8. The van der Waals surface area contributed by atoms with Gasteiger partial charge in [-0.15, -0.1) is 0 Å². The third kappa shape index (κ3) is 4.77. The molecular weight excluding hydrogens is 504 g/mol. The molecule has 7 rings (SSSR count). The predicted octanol–water partition coefficient (Wildman–Crippen LogP) is 6.05. The molecule has 0 aromatic heterocycles. The first-order valence-corrected chi connectivity index (χ1v) is 14.2. The summed E-state index contributed by atoms with van der Waals surface area (Å²) in [6, 6.07) is 33.9. The van der Waals surface area contributed by atoms with Crippen molar-refractivity contribution >= 4 is 40.3 Å². The first-order chi connectivity index (χ1) is 20.2. The van der Waals surface area contributed by atoms with E-state index in [1.165, 1.54) is 43.5 Å². The second kappa shape index (κ2) is 10.6. The number of amides is 1. The lowest BCUT2D eigenvalue weighted by molar-refractivity contribution is -0.117. The van der Waals surface area contributed by atoms with Gasteiger partial charge in [0.15, 0.2) is 5.78 Å². The summed E-state index contributed by atoms with van der Waals surface area (Å²) >= 11 is 0. The van der Waals surface area contributed by atoms with Gasteiger partial charge in [-0.3, -0.25) is 14.5 Å². The molecular formula is C37H30N2O2. The van der Waals surface area contributed by atoms with E-state index in [1.54, 1.807) is 24.3 Å². The van der Waals surface area contributed by atoms with Crippen LogP contribution in [0.3, 0.4) is 0 Å². The molecule has 200 valence electrons. The van der Waals surface area contributed by atoms with Crippen molar-refractivity contribution < 1.29 is 9.59 Å². The molecule has 0 spiro atoms. The van der Waals surface area contributed by atoms with E-state index < -0.39 is 0 Å². The molecule has 0 bridgehead atoms. The second-order valence-electron chi connectivity index (χ2n) is 10.8. The summed E-state index contributed by atoms with van der Waals surface area (Å²) in [7, 11) is 0. The maximum Gasteiger partial charge on any atom is 0.238 e. The van der Waals surface area contributed by atoms with Gasteiger partial charge in [-0.05, 0) is 68.4 Å². The quantitative estimate of drug-likeness (QED) is 0.280. The van der Waals surface area contributed by atoms with Crippen LogP contribution in [0, 0.1) is 0 Å². The predicted molar refractivity (Wildman–Crippen MR) is 166 cm³/mol. The van der Waals surface area contributed by atoms with E-state index >= 15 is 0 Å². The Bertz CT molecular complexity index is 1940. The Balaban J connectivity index is 1.24. The van der Waals surface area contributed by atoms with Gasteiger partial charge in [0.25, 0.3) is 0 Å². The summed E-state index contributed by atoms with van der Waals surface area (Å²) in [5.74, 6) is -0.245. The lowest BCUT2D eigenvalue weighted by Crippen LogP contribution is -2.33. The van der Waals surface area contributed by atoms with E-state index in [0.717, 1.165) is 12.8 Å². The van der Waals surface area contributed by atoms with Gasteiger partial charge in [0.2, 0.25) is 5.91 Å². The molecule has 1 aliphatic heterocycles. The lowest BCUT2D eigenvalue weighted by atomic mass is 9.88. The number of fused-ring (bicyclic) bond motifs is 7. The summed E-state index contributed by atoms with van der Waals surface area (Å²) in [5.41, 5.74) is 6.66. The van der Waals surface area contributed by atoms with Crippen molar-refractivity contribution in [2.75, 3.05) is 11.9 Å². The molecule has 0 radical (unpaired) electrons. The maximum absolute atomic E-state index is 13.5. The van der Waals surface area contributed by atoms with Crippen molar-refractivity contribution in [3.8, 4) is 11.1 Å².